The number of pyridine rings is 1. The molecular weight excluding hydrogens is 531 g/mol. The van der Waals surface area contributed by atoms with E-state index >= 15 is 0 Å². The van der Waals surface area contributed by atoms with E-state index in [2.05, 4.69) is 20.6 Å². The lowest BCUT2D eigenvalue weighted by atomic mass is 9.90. The van der Waals surface area contributed by atoms with Crippen molar-refractivity contribution in [1.29, 1.82) is 0 Å². The summed E-state index contributed by atoms with van der Waals surface area (Å²) in [6, 6.07) is 9.04. The normalized spacial score (nSPS) is 19.8. The van der Waals surface area contributed by atoms with Gasteiger partial charge >= 0.3 is 10.3 Å². The molecule has 4 rings (SSSR count). The van der Waals surface area contributed by atoms with Crippen LogP contribution >= 0.6 is 0 Å². The van der Waals surface area contributed by atoms with Gasteiger partial charge in [0.15, 0.2) is 5.65 Å². The van der Waals surface area contributed by atoms with Crippen molar-refractivity contribution in [3.05, 3.63) is 53.5 Å². The van der Waals surface area contributed by atoms with Gasteiger partial charge in [-0.05, 0) is 49.8 Å². The van der Waals surface area contributed by atoms with Crippen molar-refractivity contribution in [3.63, 3.8) is 0 Å². The molecule has 1 aliphatic rings. The summed E-state index contributed by atoms with van der Waals surface area (Å²) in [6.07, 6.45) is 0.418. The van der Waals surface area contributed by atoms with Crippen LogP contribution in [-0.4, -0.2) is 73.0 Å². The molecule has 1 saturated heterocycles. The van der Waals surface area contributed by atoms with Gasteiger partial charge in [0.05, 0.1) is 11.9 Å². The van der Waals surface area contributed by atoms with Crippen molar-refractivity contribution in [2.24, 2.45) is 5.92 Å². The minimum absolute atomic E-state index is 0.124. The van der Waals surface area contributed by atoms with E-state index in [0.29, 0.717) is 28.0 Å². The highest BCUT2D eigenvalue weighted by atomic mass is 32.2. The highest BCUT2D eigenvalue weighted by molar-refractivity contribution is 7.85. The standard InChI is InChI=1S/C18H20FN5O4S.C2H7N.CH4O3S/c1-10(2)16-21-9-18(28-16,11-3-5-12(19)6-4-11)14-8-7-13-15(23-14)24(17(20)22-13)29(25,26)27;1-3-2;1-5(2,3)4/h3-8,10,16,21H,9H2,1-2H3,(H2,20,22)(H,25,26,27);3H,1-2H3;1H3,(H,2,3,4). The number of hydrogen-bond donors (Lipinski definition) is 5. The van der Waals surface area contributed by atoms with Crippen molar-refractivity contribution in [2.45, 2.75) is 25.7 Å². The quantitative estimate of drug-likeness (QED) is 0.283. The van der Waals surface area contributed by atoms with Crippen molar-refractivity contribution in [2.75, 3.05) is 32.6 Å². The lowest BCUT2D eigenvalue weighted by Gasteiger charge is -2.29. The summed E-state index contributed by atoms with van der Waals surface area (Å²) < 4.78 is 79.2. The van der Waals surface area contributed by atoms with Crippen molar-refractivity contribution >= 4 is 37.5 Å². The molecule has 0 radical (unpaired) electrons. The number of fused-ring (bicyclic) bond motifs is 1. The molecule has 0 spiro atoms. The predicted molar refractivity (Wildman–Crippen MR) is 136 cm³/mol. The molecule has 37 heavy (non-hydrogen) atoms. The lowest BCUT2D eigenvalue weighted by Crippen LogP contribution is -2.33. The summed E-state index contributed by atoms with van der Waals surface area (Å²) in [4.78, 5) is 8.36. The second kappa shape index (κ2) is 11.8. The lowest BCUT2D eigenvalue weighted by molar-refractivity contribution is -0.0385. The van der Waals surface area contributed by atoms with Gasteiger partial charge in [0.25, 0.3) is 10.1 Å². The molecule has 6 N–H and O–H groups in total. The maximum atomic E-state index is 13.5. The van der Waals surface area contributed by atoms with Gasteiger partial charge < -0.3 is 15.8 Å². The fraction of sp³-hybridized carbons (Fsp3) is 0.429. The van der Waals surface area contributed by atoms with E-state index in [0.717, 1.165) is 0 Å². The molecule has 2 unspecified atom stereocenters. The van der Waals surface area contributed by atoms with E-state index in [1.807, 2.05) is 27.9 Å². The Balaban J connectivity index is 0.000000530. The van der Waals surface area contributed by atoms with Crippen LogP contribution in [0.1, 0.15) is 25.1 Å². The molecule has 0 saturated carbocycles. The van der Waals surface area contributed by atoms with Crippen LogP contribution in [0.4, 0.5) is 10.3 Å². The number of nitrogens with one attached hydrogen (secondary N) is 2. The fourth-order valence-electron chi connectivity index (χ4n) is 3.51. The summed E-state index contributed by atoms with van der Waals surface area (Å²) in [6.45, 7) is 4.31. The molecule has 1 aromatic carbocycles. The number of anilines is 1. The Morgan fingerprint density at radius 3 is 2.14 bits per heavy atom. The minimum atomic E-state index is -4.71. The number of aromatic nitrogens is 3. The number of nitrogen functional groups attached to an aromatic ring is 1. The zero-order valence-electron chi connectivity index (χ0n) is 20.9. The molecule has 3 aromatic rings. The first-order chi connectivity index (χ1) is 17.0. The Morgan fingerprint density at radius 2 is 1.68 bits per heavy atom. The van der Waals surface area contributed by atoms with Gasteiger partial charge in [-0.2, -0.15) is 20.8 Å². The van der Waals surface area contributed by atoms with Gasteiger partial charge in [-0.15, -0.1) is 0 Å². The number of halogens is 1. The molecule has 0 bridgehead atoms. The van der Waals surface area contributed by atoms with Crippen LogP contribution in [0, 0.1) is 11.7 Å². The highest BCUT2D eigenvalue weighted by Crippen LogP contribution is 2.39. The first-order valence-corrected chi connectivity index (χ1v) is 14.1. The van der Waals surface area contributed by atoms with E-state index in [1.165, 1.54) is 12.1 Å². The summed E-state index contributed by atoms with van der Waals surface area (Å²) in [5.74, 6) is -0.663. The van der Waals surface area contributed by atoms with E-state index in [4.69, 9.17) is 15.0 Å². The average Bonchev–Trinajstić information content (AvgIpc) is 3.34. The van der Waals surface area contributed by atoms with Gasteiger partial charge in [-0.25, -0.2) is 14.4 Å². The van der Waals surface area contributed by atoms with Crippen LogP contribution in [-0.2, 0) is 30.8 Å². The summed E-state index contributed by atoms with van der Waals surface area (Å²) in [5.41, 5.74) is 5.65. The number of benzene rings is 1. The number of ether oxygens (including phenoxy) is 1. The number of hydrogen-bond acceptors (Lipinski definition) is 10. The van der Waals surface area contributed by atoms with Crippen LogP contribution in [0.2, 0.25) is 0 Å². The van der Waals surface area contributed by atoms with Crippen LogP contribution in [0.15, 0.2) is 36.4 Å². The molecule has 3 heterocycles. The van der Waals surface area contributed by atoms with Crippen molar-refractivity contribution in [1.82, 2.24) is 24.6 Å². The Hall–Kier alpha value is -2.73. The van der Waals surface area contributed by atoms with Crippen LogP contribution in [0.3, 0.4) is 0 Å². The fourth-order valence-corrected chi connectivity index (χ4v) is 4.14. The monoisotopic (exact) mass is 562 g/mol. The molecule has 0 amide bonds. The maximum absolute atomic E-state index is 13.5. The smallest absolute Gasteiger partial charge is 0.368 e. The summed E-state index contributed by atoms with van der Waals surface area (Å²) in [5, 5.41) is 6.04. The molecule has 1 aliphatic heterocycles. The van der Waals surface area contributed by atoms with Gasteiger partial charge in [-0.1, -0.05) is 26.0 Å². The first kappa shape index (κ1) is 30.5. The van der Waals surface area contributed by atoms with Gasteiger partial charge in [0.1, 0.15) is 23.2 Å². The molecule has 1 fully saturated rings. The van der Waals surface area contributed by atoms with Gasteiger partial charge in [0.2, 0.25) is 5.95 Å². The Morgan fingerprint density at radius 1 is 1.14 bits per heavy atom. The Bertz CT molecular complexity index is 1420. The largest absolute Gasteiger partial charge is 0.368 e. The third-order valence-corrected chi connectivity index (χ3v) is 5.75. The average molecular weight is 563 g/mol. The van der Waals surface area contributed by atoms with E-state index in [9.17, 15) is 25.8 Å². The summed E-state index contributed by atoms with van der Waals surface area (Å²) in [7, 11) is -4.63. The zero-order chi connectivity index (χ0) is 28.2. The van der Waals surface area contributed by atoms with Crippen molar-refractivity contribution < 1.29 is 35.1 Å². The Labute approximate surface area is 214 Å². The third-order valence-electron chi connectivity index (χ3n) is 4.93. The van der Waals surface area contributed by atoms with Crippen LogP contribution in [0.25, 0.3) is 11.2 Å². The molecule has 16 heteroatoms. The number of nitrogens with two attached hydrogens (primary N) is 1. The van der Waals surface area contributed by atoms with E-state index in [-0.39, 0.29) is 23.3 Å². The number of nitrogens with zero attached hydrogens (tertiary/aromatic N) is 3. The van der Waals surface area contributed by atoms with E-state index in [1.54, 1.807) is 24.3 Å². The highest BCUT2D eigenvalue weighted by Gasteiger charge is 2.45. The number of rotatable bonds is 4. The molecule has 2 atom stereocenters. The molecule has 2 aromatic heterocycles. The van der Waals surface area contributed by atoms with Crippen LogP contribution < -0.4 is 16.4 Å². The molecule has 0 aliphatic carbocycles. The number of imidazole rings is 1. The zero-order valence-corrected chi connectivity index (χ0v) is 22.5. The molecule has 206 valence electrons. The first-order valence-electron chi connectivity index (χ1n) is 10.8. The van der Waals surface area contributed by atoms with E-state index < -0.39 is 37.8 Å². The second-order valence-electron chi connectivity index (χ2n) is 8.48. The third kappa shape index (κ3) is 7.64. The van der Waals surface area contributed by atoms with Crippen molar-refractivity contribution in [3.8, 4) is 0 Å². The molecule has 13 nitrogen and oxygen atoms in total. The van der Waals surface area contributed by atoms with Crippen LogP contribution in [0.5, 0.6) is 0 Å². The topological polar surface area (TPSA) is 199 Å². The SMILES string of the molecule is CC(C)C1NCC(c2ccc(F)cc2)(c2ccc3nc(N)n(S(=O)(=O)O)c3n2)O1.CNC.CS(=O)(=O)O. The van der Waals surface area contributed by atoms with Gasteiger partial charge in [0, 0.05) is 6.54 Å². The second-order valence-corrected chi connectivity index (χ2v) is 11.2. The molecular formula is C21H31FN6O7S2. The maximum Gasteiger partial charge on any atom is 0.368 e. The predicted octanol–water partition coefficient (Wildman–Crippen LogP) is 0.989. The Kier molecular flexibility index (Phi) is 9.69. The van der Waals surface area contributed by atoms with Gasteiger partial charge in [-0.3, -0.25) is 14.4 Å². The minimum Gasteiger partial charge on any atom is -0.368 e. The summed E-state index contributed by atoms with van der Waals surface area (Å²) >= 11 is 0.